The minimum Gasteiger partial charge on any atom is -0.314 e. The second kappa shape index (κ2) is 8.28. The Morgan fingerprint density at radius 3 is 1.79 bits per heavy atom. The van der Waals surface area contributed by atoms with E-state index in [1.54, 1.807) is 0 Å². The predicted molar refractivity (Wildman–Crippen MR) is 65.6 cm³/mol. The molecule has 0 aromatic heterocycles. The fourth-order valence-corrected chi connectivity index (χ4v) is 1.75. The van der Waals surface area contributed by atoms with Crippen molar-refractivity contribution in [2.45, 2.75) is 66.3 Å². The van der Waals surface area contributed by atoms with Crippen molar-refractivity contribution >= 4 is 0 Å². The molecule has 0 aliphatic rings. The van der Waals surface area contributed by atoms with Gasteiger partial charge in [-0.3, -0.25) is 0 Å². The Balaban J connectivity index is 3.68. The lowest BCUT2D eigenvalue weighted by atomic mass is 9.97. The normalized spacial score (nSPS) is 13.9. The second-order valence-electron chi connectivity index (χ2n) is 4.88. The fourth-order valence-electron chi connectivity index (χ4n) is 1.75. The summed E-state index contributed by atoms with van der Waals surface area (Å²) in [6.45, 7) is 12.6. The highest BCUT2D eigenvalue weighted by molar-refractivity contribution is 4.68. The molecule has 1 unspecified atom stereocenters. The highest BCUT2D eigenvalue weighted by Crippen LogP contribution is 2.13. The van der Waals surface area contributed by atoms with Crippen LogP contribution in [0.5, 0.6) is 0 Å². The number of hydrogen-bond acceptors (Lipinski definition) is 1. The van der Waals surface area contributed by atoms with Crippen LogP contribution in [0.4, 0.5) is 0 Å². The van der Waals surface area contributed by atoms with Gasteiger partial charge < -0.3 is 5.32 Å². The van der Waals surface area contributed by atoms with Crippen LogP contribution in [-0.2, 0) is 0 Å². The molecule has 1 nitrogen and oxygen atoms in total. The first-order valence-corrected chi connectivity index (χ1v) is 6.35. The first-order valence-electron chi connectivity index (χ1n) is 6.35. The maximum atomic E-state index is 3.65. The average molecular weight is 199 g/mol. The molecule has 0 saturated heterocycles. The Hall–Kier alpha value is -0.0400. The van der Waals surface area contributed by atoms with Crippen molar-refractivity contribution in [1.29, 1.82) is 0 Å². The van der Waals surface area contributed by atoms with E-state index >= 15 is 0 Å². The monoisotopic (exact) mass is 199 g/mol. The molecular formula is C13H29N. The van der Waals surface area contributed by atoms with E-state index in [2.05, 4.69) is 39.9 Å². The van der Waals surface area contributed by atoms with E-state index < -0.39 is 0 Å². The molecule has 0 saturated carbocycles. The summed E-state index contributed by atoms with van der Waals surface area (Å²) in [5.74, 6) is 1.64. The molecule has 86 valence electrons. The molecule has 0 rings (SSSR count). The summed E-state index contributed by atoms with van der Waals surface area (Å²) in [7, 11) is 0. The maximum Gasteiger partial charge on any atom is 0.00618 e. The zero-order valence-electron chi connectivity index (χ0n) is 10.8. The van der Waals surface area contributed by atoms with Gasteiger partial charge in [0.1, 0.15) is 0 Å². The van der Waals surface area contributed by atoms with Crippen molar-refractivity contribution in [3.05, 3.63) is 0 Å². The second-order valence-corrected chi connectivity index (χ2v) is 4.88. The van der Waals surface area contributed by atoms with Gasteiger partial charge in [0.25, 0.3) is 0 Å². The third-order valence-corrected chi connectivity index (χ3v) is 3.12. The molecule has 14 heavy (non-hydrogen) atoms. The first kappa shape index (κ1) is 14.0. The smallest absolute Gasteiger partial charge is 0.00618 e. The van der Waals surface area contributed by atoms with Gasteiger partial charge in [-0.05, 0) is 38.1 Å². The van der Waals surface area contributed by atoms with Gasteiger partial charge in [-0.1, -0.05) is 40.5 Å². The lowest BCUT2D eigenvalue weighted by molar-refractivity contribution is 0.352. The van der Waals surface area contributed by atoms with Crippen molar-refractivity contribution in [3.63, 3.8) is 0 Å². The molecule has 0 aliphatic heterocycles. The van der Waals surface area contributed by atoms with Crippen LogP contribution in [0.25, 0.3) is 0 Å². The van der Waals surface area contributed by atoms with Crippen molar-refractivity contribution in [2.75, 3.05) is 6.54 Å². The molecule has 0 aromatic rings. The van der Waals surface area contributed by atoms with Crippen molar-refractivity contribution < 1.29 is 0 Å². The van der Waals surface area contributed by atoms with Crippen LogP contribution in [0.3, 0.4) is 0 Å². The highest BCUT2D eigenvalue weighted by atomic mass is 14.9. The van der Waals surface area contributed by atoms with Crippen molar-refractivity contribution in [1.82, 2.24) is 5.32 Å². The summed E-state index contributed by atoms with van der Waals surface area (Å²) >= 11 is 0. The molecule has 0 bridgehead atoms. The fraction of sp³-hybridized carbons (Fsp3) is 1.00. The summed E-state index contributed by atoms with van der Waals surface area (Å²) in [5, 5.41) is 3.65. The van der Waals surface area contributed by atoms with Gasteiger partial charge in [-0.2, -0.15) is 0 Å². The van der Waals surface area contributed by atoms with E-state index in [1.807, 2.05) is 0 Å². The summed E-state index contributed by atoms with van der Waals surface area (Å²) in [6, 6.07) is 0.659. The van der Waals surface area contributed by atoms with Crippen LogP contribution < -0.4 is 5.32 Å². The average Bonchev–Trinajstić information content (AvgIpc) is 2.14. The Labute approximate surface area is 90.7 Å². The van der Waals surface area contributed by atoms with Crippen LogP contribution in [0.1, 0.15) is 60.3 Å². The molecule has 0 heterocycles. The van der Waals surface area contributed by atoms with Gasteiger partial charge in [0.05, 0.1) is 0 Å². The Bertz CT molecular complexity index is 114. The molecule has 0 amide bonds. The number of rotatable bonds is 8. The van der Waals surface area contributed by atoms with E-state index in [1.165, 1.54) is 32.2 Å². The van der Waals surface area contributed by atoms with Crippen molar-refractivity contribution in [3.8, 4) is 0 Å². The molecule has 1 atom stereocenters. The standard InChI is InChI=1S/C13H29N/c1-6-8-13(9-7-2)10-14-12(5)11(3)4/h11-14H,6-10H2,1-5H3. The summed E-state index contributed by atoms with van der Waals surface area (Å²) in [6.07, 6.45) is 5.40. The van der Waals surface area contributed by atoms with Gasteiger partial charge in [0, 0.05) is 6.04 Å². The largest absolute Gasteiger partial charge is 0.314 e. The summed E-state index contributed by atoms with van der Waals surface area (Å²) < 4.78 is 0. The first-order chi connectivity index (χ1) is 6.61. The van der Waals surface area contributed by atoms with Gasteiger partial charge in [-0.25, -0.2) is 0 Å². The number of nitrogens with one attached hydrogen (secondary N) is 1. The zero-order valence-corrected chi connectivity index (χ0v) is 10.8. The topological polar surface area (TPSA) is 12.0 Å². The Kier molecular flexibility index (Phi) is 8.26. The van der Waals surface area contributed by atoms with Crippen LogP contribution in [0.15, 0.2) is 0 Å². The lowest BCUT2D eigenvalue weighted by Gasteiger charge is -2.22. The lowest BCUT2D eigenvalue weighted by Crippen LogP contribution is -2.34. The summed E-state index contributed by atoms with van der Waals surface area (Å²) in [4.78, 5) is 0. The highest BCUT2D eigenvalue weighted by Gasteiger charge is 2.10. The van der Waals surface area contributed by atoms with Gasteiger partial charge in [0.15, 0.2) is 0 Å². The molecule has 0 radical (unpaired) electrons. The minimum atomic E-state index is 0.659. The van der Waals surface area contributed by atoms with E-state index in [-0.39, 0.29) is 0 Å². The van der Waals surface area contributed by atoms with Crippen LogP contribution in [0.2, 0.25) is 0 Å². The molecule has 0 aromatic carbocycles. The Morgan fingerprint density at radius 2 is 1.43 bits per heavy atom. The number of hydrogen-bond donors (Lipinski definition) is 1. The quantitative estimate of drug-likeness (QED) is 0.626. The van der Waals surface area contributed by atoms with E-state index in [0.29, 0.717) is 6.04 Å². The predicted octanol–water partition coefficient (Wildman–Crippen LogP) is 3.84. The van der Waals surface area contributed by atoms with Gasteiger partial charge in [-0.15, -0.1) is 0 Å². The van der Waals surface area contributed by atoms with Crippen LogP contribution >= 0.6 is 0 Å². The van der Waals surface area contributed by atoms with Gasteiger partial charge >= 0.3 is 0 Å². The van der Waals surface area contributed by atoms with E-state index in [9.17, 15) is 0 Å². The van der Waals surface area contributed by atoms with Crippen molar-refractivity contribution in [2.24, 2.45) is 11.8 Å². The van der Waals surface area contributed by atoms with Crippen LogP contribution in [-0.4, -0.2) is 12.6 Å². The minimum absolute atomic E-state index is 0.659. The molecule has 0 aliphatic carbocycles. The third-order valence-electron chi connectivity index (χ3n) is 3.12. The molecule has 1 heteroatoms. The van der Waals surface area contributed by atoms with Gasteiger partial charge in [0.2, 0.25) is 0 Å². The Morgan fingerprint density at radius 1 is 0.929 bits per heavy atom. The summed E-state index contributed by atoms with van der Waals surface area (Å²) in [5.41, 5.74) is 0. The van der Waals surface area contributed by atoms with E-state index in [4.69, 9.17) is 0 Å². The SMILES string of the molecule is CCCC(CCC)CNC(C)C(C)C. The zero-order chi connectivity index (χ0) is 11.0. The maximum absolute atomic E-state index is 3.65. The third kappa shape index (κ3) is 6.42. The molecular weight excluding hydrogens is 170 g/mol. The van der Waals surface area contributed by atoms with Crippen LogP contribution in [0, 0.1) is 11.8 Å². The molecule has 0 fully saturated rings. The molecule has 0 spiro atoms. The van der Waals surface area contributed by atoms with E-state index in [0.717, 1.165) is 11.8 Å². The molecule has 1 N–H and O–H groups in total.